The van der Waals surface area contributed by atoms with Gasteiger partial charge in [-0.1, -0.05) is 129 Å². The van der Waals surface area contributed by atoms with Gasteiger partial charge in [-0.05, 0) is 56.5 Å². The molecule has 0 radical (unpaired) electrons. The third-order valence-corrected chi connectivity index (χ3v) is 10.1. The Kier molecular flexibility index (Phi) is 10.8. The molecule has 0 spiro atoms. The number of rotatable bonds is 14. The van der Waals surface area contributed by atoms with E-state index in [9.17, 15) is 24.6 Å². The smallest absolute Gasteiger partial charge is 0.327 e. The number of carboxylic acid groups (broad SMARTS) is 2. The number of thioether (sulfide) groups is 1. The minimum Gasteiger partial charge on any atom is -0.481 e. The zero-order valence-corrected chi connectivity index (χ0v) is 26.8. The van der Waals surface area contributed by atoms with Crippen LogP contribution in [-0.2, 0) is 20.1 Å². The van der Waals surface area contributed by atoms with E-state index < -0.39 is 41.6 Å². The van der Waals surface area contributed by atoms with E-state index in [1.807, 2.05) is 129 Å². The number of benzene rings is 5. The number of carbonyl (C=O) groups is 3. The third kappa shape index (κ3) is 7.96. The van der Waals surface area contributed by atoms with E-state index in [-0.39, 0.29) is 18.1 Å². The highest BCUT2D eigenvalue weighted by atomic mass is 32.2. The summed E-state index contributed by atoms with van der Waals surface area (Å²) in [4.78, 5) is 39.2. The molecule has 236 valence electrons. The van der Waals surface area contributed by atoms with Crippen molar-refractivity contribution in [1.82, 2.24) is 5.32 Å². The molecule has 0 fully saturated rings. The van der Waals surface area contributed by atoms with Crippen molar-refractivity contribution in [1.29, 1.82) is 0 Å². The number of hydrogen-bond acceptors (Lipinski definition) is 4. The van der Waals surface area contributed by atoms with Gasteiger partial charge in [-0.2, -0.15) is 11.8 Å². The molecule has 0 bridgehead atoms. The first-order chi connectivity index (χ1) is 22.2. The van der Waals surface area contributed by atoms with Crippen molar-refractivity contribution in [2.24, 2.45) is 11.8 Å². The second kappa shape index (κ2) is 15.1. The van der Waals surface area contributed by atoms with Crippen molar-refractivity contribution in [3.63, 3.8) is 0 Å². The number of carbonyl (C=O) groups excluding carboxylic acids is 1. The molecule has 0 saturated carbocycles. The van der Waals surface area contributed by atoms with Gasteiger partial charge in [0, 0.05) is 17.4 Å². The van der Waals surface area contributed by atoms with Crippen molar-refractivity contribution in [2.45, 2.75) is 43.9 Å². The summed E-state index contributed by atoms with van der Waals surface area (Å²) in [5.41, 5.74) is 2.84. The summed E-state index contributed by atoms with van der Waals surface area (Å²) in [6, 6.07) is 36.5. The standard InChI is InChI=1S/C39H39NO5S/c1-25(30-18-16-28-12-6-8-14-32(28)20-30)34(37(41)40-36(39(44)45)24-46-23-27-10-4-3-5-11-27)22-35(38(42)43)26(2)31-19-17-29-13-7-9-15-33(29)21-31/h3-21,25-26,34-36H,22-24H2,1-2H3,(H,40,41)(H,42,43)(H,44,45)/t25?,26?,34-,35-,36-/m0/s1. The minimum absolute atomic E-state index is 0.0483. The molecular weight excluding hydrogens is 594 g/mol. The van der Waals surface area contributed by atoms with Gasteiger partial charge >= 0.3 is 11.9 Å². The lowest BCUT2D eigenvalue weighted by Crippen LogP contribution is -2.47. The molecule has 5 aromatic carbocycles. The first-order valence-corrected chi connectivity index (χ1v) is 16.7. The molecular formula is C39H39NO5S. The maximum absolute atomic E-state index is 14.1. The monoisotopic (exact) mass is 633 g/mol. The number of nitrogens with one attached hydrogen (secondary N) is 1. The maximum Gasteiger partial charge on any atom is 0.327 e. The molecule has 0 aliphatic heterocycles. The second-order valence-corrected chi connectivity index (χ2v) is 13.0. The Hall–Kier alpha value is -4.62. The number of hydrogen-bond donors (Lipinski definition) is 3. The number of aliphatic carboxylic acids is 2. The lowest BCUT2D eigenvalue weighted by Gasteiger charge is -2.30. The van der Waals surface area contributed by atoms with E-state index in [4.69, 9.17) is 0 Å². The van der Waals surface area contributed by atoms with Crippen LogP contribution in [0.1, 0.15) is 48.8 Å². The van der Waals surface area contributed by atoms with E-state index >= 15 is 0 Å². The molecule has 5 aromatic rings. The maximum atomic E-state index is 14.1. The van der Waals surface area contributed by atoms with Crippen LogP contribution in [0.15, 0.2) is 115 Å². The largest absolute Gasteiger partial charge is 0.481 e. The average Bonchev–Trinajstić information content (AvgIpc) is 3.07. The summed E-state index contributed by atoms with van der Waals surface area (Å²) in [7, 11) is 0. The van der Waals surface area contributed by atoms with Crippen LogP contribution < -0.4 is 5.32 Å². The van der Waals surface area contributed by atoms with E-state index in [1.165, 1.54) is 11.8 Å². The Labute approximate surface area is 273 Å². The molecule has 0 aliphatic carbocycles. The number of fused-ring (bicyclic) bond motifs is 2. The molecule has 7 heteroatoms. The highest BCUT2D eigenvalue weighted by Gasteiger charge is 2.36. The fraction of sp³-hybridized carbons (Fsp3) is 0.256. The van der Waals surface area contributed by atoms with Gasteiger partial charge in [-0.15, -0.1) is 0 Å². The Morgan fingerprint density at radius 2 is 1.13 bits per heavy atom. The Balaban J connectivity index is 1.42. The lowest BCUT2D eigenvalue weighted by atomic mass is 9.75. The van der Waals surface area contributed by atoms with Gasteiger partial charge in [0.1, 0.15) is 6.04 Å². The second-order valence-electron chi connectivity index (χ2n) is 12.0. The summed E-state index contributed by atoms with van der Waals surface area (Å²) >= 11 is 1.43. The molecule has 0 aromatic heterocycles. The molecule has 2 unspecified atom stereocenters. The van der Waals surface area contributed by atoms with Gasteiger partial charge in [0.2, 0.25) is 5.91 Å². The van der Waals surface area contributed by atoms with Crippen LogP contribution in [0.25, 0.3) is 21.5 Å². The number of carboxylic acids is 2. The van der Waals surface area contributed by atoms with Gasteiger partial charge in [0.25, 0.3) is 0 Å². The highest BCUT2D eigenvalue weighted by Crippen LogP contribution is 2.37. The van der Waals surface area contributed by atoms with E-state index in [1.54, 1.807) is 0 Å². The quantitative estimate of drug-likeness (QED) is 0.114. The SMILES string of the molecule is CC(c1ccc2ccccc2c1)[C@H](C[C@H](C(=O)N[C@@H](CSCc1ccccc1)C(=O)O)C(C)c1ccc2ccccc2c1)C(=O)O. The predicted octanol–water partition coefficient (Wildman–Crippen LogP) is 8.11. The predicted molar refractivity (Wildman–Crippen MR) is 186 cm³/mol. The highest BCUT2D eigenvalue weighted by molar-refractivity contribution is 7.98. The Morgan fingerprint density at radius 3 is 1.65 bits per heavy atom. The molecule has 5 atom stereocenters. The van der Waals surface area contributed by atoms with Crippen LogP contribution in [0, 0.1) is 11.8 Å². The van der Waals surface area contributed by atoms with Crippen molar-refractivity contribution in [3.05, 3.63) is 132 Å². The fourth-order valence-corrected chi connectivity index (χ4v) is 7.11. The molecule has 6 nitrogen and oxygen atoms in total. The summed E-state index contributed by atoms with van der Waals surface area (Å²) in [6.07, 6.45) is 0.0483. The van der Waals surface area contributed by atoms with Gasteiger partial charge in [0.15, 0.2) is 0 Å². The van der Waals surface area contributed by atoms with Crippen LogP contribution in [0.3, 0.4) is 0 Å². The first kappa shape index (κ1) is 32.8. The normalized spacial score (nSPS) is 14.7. The molecule has 46 heavy (non-hydrogen) atoms. The summed E-state index contributed by atoms with van der Waals surface area (Å²) in [5.74, 6) is -4.20. The van der Waals surface area contributed by atoms with Crippen LogP contribution in [0.4, 0.5) is 0 Å². The van der Waals surface area contributed by atoms with Gasteiger partial charge < -0.3 is 15.5 Å². The van der Waals surface area contributed by atoms with Crippen LogP contribution >= 0.6 is 11.8 Å². The van der Waals surface area contributed by atoms with Gasteiger partial charge in [-0.3, -0.25) is 9.59 Å². The molecule has 3 N–H and O–H groups in total. The van der Waals surface area contributed by atoms with Crippen molar-refractivity contribution < 1.29 is 24.6 Å². The fourth-order valence-electron chi connectivity index (χ4n) is 6.10. The Bertz CT molecular complexity index is 1820. The minimum atomic E-state index is -1.12. The molecule has 1 amide bonds. The summed E-state index contributed by atoms with van der Waals surface area (Å²) < 4.78 is 0. The summed E-state index contributed by atoms with van der Waals surface area (Å²) in [6.45, 7) is 3.81. The molecule has 5 rings (SSSR count). The number of amides is 1. The van der Waals surface area contributed by atoms with Crippen molar-refractivity contribution in [2.75, 3.05) is 5.75 Å². The van der Waals surface area contributed by atoms with Gasteiger partial charge in [0.05, 0.1) is 5.92 Å². The first-order valence-electron chi connectivity index (χ1n) is 15.6. The molecule has 0 heterocycles. The average molecular weight is 634 g/mol. The van der Waals surface area contributed by atoms with Crippen LogP contribution in [-0.4, -0.2) is 39.9 Å². The lowest BCUT2D eigenvalue weighted by molar-refractivity contribution is -0.145. The van der Waals surface area contributed by atoms with Gasteiger partial charge in [-0.25, -0.2) is 4.79 Å². The van der Waals surface area contributed by atoms with Crippen LogP contribution in [0.2, 0.25) is 0 Å². The van der Waals surface area contributed by atoms with Crippen LogP contribution in [0.5, 0.6) is 0 Å². The molecule has 0 saturated heterocycles. The third-order valence-electron chi connectivity index (χ3n) is 8.98. The summed E-state index contributed by atoms with van der Waals surface area (Å²) in [5, 5.41) is 27.5. The van der Waals surface area contributed by atoms with Crippen molar-refractivity contribution in [3.8, 4) is 0 Å². The Morgan fingerprint density at radius 1 is 0.630 bits per heavy atom. The van der Waals surface area contributed by atoms with Crippen molar-refractivity contribution >= 4 is 51.2 Å². The van der Waals surface area contributed by atoms with E-state index in [0.29, 0.717) is 5.75 Å². The zero-order chi connectivity index (χ0) is 32.6. The van der Waals surface area contributed by atoms with E-state index in [2.05, 4.69) is 5.32 Å². The molecule has 0 aliphatic rings. The zero-order valence-electron chi connectivity index (χ0n) is 26.0. The topological polar surface area (TPSA) is 104 Å². The van der Waals surface area contributed by atoms with E-state index in [0.717, 1.165) is 38.2 Å².